The molecule has 0 saturated carbocycles. The second-order valence-corrected chi connectivity index (χ2v) is 9.41. The van der Waals surface area contributed by atoms with Crippen LogP contribution in [-0.4, -0.2) is 28.8 Å². The zero-order valence-corrected chi connectivity index (χ0v) is 21.1. The SMILES string of the molecule is COc1c(Cl)cc(/C(O)=C2\C(=O)C(=O)N(Cc3ccc(F)cc3)C2c2cccc3ccccc23)cc1Cl. The van der Waals surface area contributed by atoms with Crippen LogP contribution >= 0.6 is 23.2 Å². The monoisotopic (exact) mass is 535 g/mol. The Morgan fingerprint density at radius 1 is 0.973 bits per heavy atom. The lowest BCUT2D eigenvalue weighted by molar-refractivity contribution is -0.140. The van der Waals surface area contributed by atoms with E-state index in [1.807, 2.05) is 42.5 Å². The Morgan fingerprint density at radius 2 is 1.62 bits per heavy atom. The second kappa shape index (κ2) is 9.88. The molecule has 1 amide bonds. The number of fused-ring (bicyclic) bond motifs is 1. The van der Waals surface area contributed by atoms with E-state index in [0.29, 0.717) is 11.1 Å². The molecule has 1 N–H and O–H groups in total. The first kappa shape index (κ1) is 24.8. The van der Waals surface area contributed by atoms with Crippen LogP contribution in [-0.2, 0) is 16.1 Å². The molecule has 0 aromatic heterocycles. The van der Waals surface area contributed by atoms with Crippen LogP contribution in [0.5, 0.6) is 5.75 Å². The standard InChI is InChI=1S/C29H20Cl2FNO4/c1-37-28-22(30)13-18(14-23(28)31)26(34)24-25(21-8-4-6-17-5-2-3-7-20(17)21)33(29(36)27(24)35)15-16-9-11-19(32)12-10-16/h2-14,25,34H,15H2,1H3/b26-24+. The van der Waals surface area contributed by atoms with Crippen molar-refractivity contribution in [3.63, 3.8) is 0 Å². The van der Waals surface area contributed by atoms with Crippen LogP contribution in [0.3, 0.4) is 0 Å². The molecule has 0 spiro atoms. The molecule has 5 nitrogen and oxygen atoms in total. The molecule has 1 heterocycles. The number of ketones is 1. The van der Waals surface area contributed by atoms with Crippen molar-refractivity contribution in [3.8, 4) is 5.75 Å². The number of likely N-dealkylation sites (tertiary alicyclic amines) is 1. The fourth-order valence-electron chi connectivity index (χ4n) is 4.69. The number of nitrogens with zero attached hydrogens (tertiary/aromatic N) is 1. The summed E-state index contributed by atoms with van der Waals surface area (Å²) in [5.41, 5.74) is 1.36. The van der Waals surface area contributed by atoms with Crippen molar-refractivity contribution in [1.29, 1.82) is 0 Å². The molecule has 1 aliphatic heterocycles. The summed E-state index contributed by atoms with van der Waals surface area (Å²) in [5, 5.41) is 13.4. The zero-order chi connectivity index (χ0) is 26.3. The van der Waals surface area contributed by atoms with Gasteiger partial charge in [0.1, 0.15) is 11.6 Å². The highest BCUT2D eigenvalue weighted by Gasteiger charge is 2.46. The highest BCUT2D eigenvalue weighted by Crippen LogP contribution is 2.44. The maximum atomic E-state index is 13.5. The van der Waals surface area contributed by atoms with Crippen LogP contribution in [0.15, 0.2) is 84.4 Å². The Bertz CT molecular complexity index is 1550. The third kappa shape index (κ3) is 4.43. The number of hydrogen-bond donors (Lipinski definition) is 1. The molecule has 0 aliphatic carbocycles. The van der Waals surface area contributed by atoms with Crippen molar-refractivity contribution in [2.45, 2.75) is 12.6 Å². The van der Waals surface area contributed by atoms with Gasteiger partial charge in [-0.3, -0.25) is 9.59 Å². The molecular formula is C29H20Cl2FNO4. The Hall–Kier alpha value is -3.87. The number of rotatable bonds is 5. The number of aliphatic hydroxyl groups is 1. The van der Waals surface area contributed by atoms with Crippen molar-refractivity contribution in [2.75, 3.05) is 7.11 Å². The summed E-state index contributed by atoms with van der Waals surface area (Å²) in [4.78, 5) is 28.2. The molecule has 1 aliphatic rings. The van der Waals surface area contributed by atoms with Crippen molar-refractivity contribution < 1.29 is 23.8 Å². The van der Waals surface area contributed by atoms with Crippen LogP contribution < -0.4 is 4.74 Å². The summed E-state index contributed by atoms with van der Waals surface area (Å²) in [7, 11) is 1.41. The van der Waals surface area contributed by atoms with Crippen molar-refractivity contribution in [2.24, 2.45) is 0 Å². The van der Waals surface area contributed by atoms with Crippen LogP contribution in [0.1, 0.15) is 22.7 Å². The average Bonchev–Trinajstić information content (AvgIpc) is 3.13. The molecule has 1 fully saturated rings. The summed E-state index contributed by atoms with van der Waals surface area (Å²) in [5.74, 6) is -2.23. The maximum absolute atomic E-state index is 13.5. The van der Waals surface area contributed by atoms with Crippen molar-refractivity contribution in [3.05, 3.63) is 117 Å². The van der Waals surface area contributed by atoms with Gasteiger partial charge in [0, 0.05) is 12.1 Å². The van der Waals surface area contributed by atoms with Gasteiger partial charge in [-0.1, -0.05) is 77.8 Å². The predicted octanol–water partition coefficient (Wildman–Crippen LogP) is 6.92. The lowest BCUT2D eigenvalue weighted by Crippen LogP contribution is -2.29. The van der Waals surface area contributed by atoms with Gasteiger partial charge >= 0.3 is 0 Å². The molecule has 1 atom stereocenters. The van der Waals surface area contributed by atoms with Crippen LogP contribution in [0.2, 0.25) is 10.0 Å². The summed E-state index contributed by atoms with van der Waals surface area (Å²) < 4.78 is 18.7. The first-order valence-corrected chi connectivity index (χ1v) is 12.1. The van der Waals surface area contributed by atoms with Gasteiger partial charge in [0.05, 0.1) is 28.8 Å². The van der Waals surface area contributed by atoms with Crippen LogP contribution in [0, 0.1) is 5.82 Å². The third-order valence-electron chi connectivity index (χ3n) is 6.40. The van der Waals surface area contributed by atoms with Gasteiger partial charge in [0.25, 0.3) is 11.7 Å². The van der Waals surface area contributed by atoms with Gasteiger partial charge in [-0.15, -0.1) is 0 Å². The Kier molecular flexibility index (Phi) is 6.63. The van der Waals surface area contributed by atoms with E-state index in [0.717, 1.165) is 10.8 Å². The van der Waals surface area contributed by atoms with Gasteiger partial charge in [0.2, 0.25) is 0 Å². The predicted molar refractivity (Wildman–Crippen MR) is 141 cm³/mol. The molecule has 1 saturated heterocycles. The molecular weight excluding hydrogens is 516 g/mol. The third-order valence-corrected chi connectivity index (χ3v) is 6.96. The first-order valence-electron chi connectivity index (χ1n) is 11.3. The van der Waals surface area contributed by atoms with Crippen molar-refractivity contribution >= 4 is 51.4 Å². The number of benzene rings is 4. The van der Waals surface area contributed by atoms with E-state index in [-0.39, 0.29) is 33.5 Å². The van der Waals surface area contributed by atoms with Gasteiger partial charge in [-0.2, -0.15) is 0 Å². The van der Waals surface area contributed by atoms with E-state index in [2.05, 4.69) is 0 Å². The average molecular weight is 536 g/mol. The number of amides is 1. The molecule has 186 valence electrons. The van der Waals surface area contributed by atoms with E-state index in [1.165, 1.54) is 36.3 Å². The van der Waals surface area contributed by atoms with Crippen LogP contribution in [0.25, 0.3) is 16.5 Å². The number of methoxy groups -OCH3 is 1. The fourth-order valence-corrected chi connectivity index (χ4v) is 5.33. The highest BCUT2D eigenvalue weighted by molar-refractivity contribution is 6.47. The summed E-state index contributed by atoms with van der Waals surface area (Å²) >= 11 is 12.6. The molecule has 0 radical (unpaired) electrons. The lowest BCUT2D eigenvalue weighted by atomic mass is 9.91. The molecule has 37 heavy (non-hydrogen) atoms. The molecule has 1 unspecified atom stereocenters. The number of carbonyl (C=O) groups is 2. The number of halogens is 3. The minimum atomic E-state index is -0.921. The Balaban J connectivity index is 1.74. The normalized spacial score (nSPS) is 17.0. The van der Waals surface area contributed by atoms with E-state index >= 15 is 0 Å². The molecule has 4 aromatic rings. The van der Waals surface area contributed by atoms with E-state index in [4.69, 9.17) is 27.9 Å². The maximum Gasteiger partial charge on any atom is 0.295 e. The van der Waals surface area contributed by atoms with Gasteiger partial charge in [-0.25, -0.2) is 4.39 Å². The Labute approximate surface area is 222 Å². The minimum Gasteiger partial charge on any atom is -0.507 e. The fraction of sp³-hybridized carbons (Fsp3) is 0.103. The first-order chi connectivity index (χ1) is 17.8. The van der Waals surface area contributed by atoms with E-state index in [9.17, 15) is 19.1 Å². The summed E-state index contributed by atoms with van der Waals surface area (Å²) in [6, 6.07) is 20.8. The second-order valence-electron chi connectivity index (χ2n) is 8.59. The molecule has 0 bridgehead atoms. The topological polar surface area (TPSA) is 66.8 Å². The Morgan fingerprint density at radius 3 is 2.30 bits per heavy atom. The molecule has 4 aromatic carbocycles. The minimum absolute atomic E-state index is 0.0274. The number of Topliss-reactive ketones (excluding diaryl/α,β-unsaturated/α-hetero) is 1. The van der Waals surface area contributed by atoms with Gasteiger partial charge in [0.15, 0.2) is 5.75 Å². The smallest absolute Gasteiger partial charge is 0.295 e. The van der Waals surface area contributed by atoms with E-state index in [1.54, 1.807) is 12.1 Å². The lowest BCUT2D eigenvalue weighted by Gasteiger charge is -2.26. The zero-order valence-electron chi connectivity index (χ0n) is 19.5. The van der Waals surface area contributed by atoms with E-state index < -0.39 is 29.3 Å². The highest BCUT2D eigenvalue weighted by atomic mass is 35.5. The largest absolute Gasteiger partial charge is 0.507 e. The van der Waals surface area contributed by atoms with Gasteiger partial charge < -0.3 is 14.7 Å². The quantitative estimate of drug-likeness (QED) is 0.171. The summed E-state index contributed by atoms with van der Waals surface area (Å²) in [6.45, 7) is 0.0274. The molecule has 8 heteroatoms. The number of aliphatic hydroxyl groups excluding tert-OH is 1. The summed E-state index contributed by atoms with van der Waals surface area (Å²) in [6.07, 6.45) is 0. The van der Waals surface area contributed by atoms with Crippen LogP contribution in [0.4, 0.5) is 4.39 Å². The van der Waals surface area contributed by atoms with Gasteiger partial charge in [-0.05, 0) is 46.2 Å². The number of hydrogen-bond acceptors (Lipinski definition) is 4. The number of ether oxygens (including phenoxy) is 1. The molecule has 5 rings (SSSR count). The van der Waals surface area contributed by atoms with Crippen molar-refractivity contribution in [1.82, 2.24) is 4.90 Å². The number of carbonyl (C=O) groups excluding carboxylic acids is 2.